The van der Waals surface area contributed by atoms with Crippen molar-refractivity contribution in [3.8, 4) is 11.5 Å². The highest BCUT2D eigenvalue weighted by Crippen LogP contribution is 2.32. The molecule has 1 aromatic carbocycles. The summed E-state index contributed by atoms with van der Waals surface area (Å²) in [6, 6.07) is 5.93. The highest BCUT2D eigenvalue weighted by atomic mass is 127. The van der Waals surface area contributed by atoms with E-state index in [1.165, 1.54) is 0 Å². The third-order valence-corrected chi connectivity index (χ3v) is 2.61. The van der Waals surface area contributed by atoms with E-state index in [-0.39, 0.29) is 29.5 Å². The first-order valence-corrected chi connectivity index (χ1v) is 6.35. The molecule has 0 bridgehead atoms. The van der Waals surface area contributed by atoms with Gasteiger partial charge in [-0.2, -0.15) is 0 Å². The van der Waals surface area contributed by atoms with E-state index >= 15 is 0 Å². The largest absolute Gasteiger partial charge is 0.454 e. The first-order chi connectivity index (χ1) is 8.98. The summed E-state index contributed by atoms with van der Waals surface area (Å²) in [6.45, 7) is 7.28. The Balaban J connectivity index is 0.00000200. The molecule has 0 saturated heterocycles. The van der Waals surface area contributed by atoms with Gasteiger partial charge in [0.1, 0.15) is 0 Å². The zero-order valence-electron chi connectivity index (χ0n) is 12.3. The van der Waals surface area contributed by atoms with E-state index in [1.54, 1.807) is 7.05 Å². The monoisotopic (exact) mass is 391 g/mol. The normalized spacial score (nSPS) is 13.7. The van der Waals surface area contributed by atoms with Crippen molar-refractivity contribution < 1.29 is 9.47 Å². The van der Waals surface area contributed by atoms with E-state index in [9.17, 15) is 0 Å². The summed E-state index contributed by atoms with van der Waals surface area (Å²) < 4.78 is 10.6. The molecule has 0 spiro atoms. The summed E-state index contributed by atoms with van der Waals surface area (Å²) in [5.41, 5.74) is 1.11. The number of halogens is 1. The summed E-state index contributed by atoms with van der Waals surface area (Å²) >= 11 is 0. The molecule has 1 heterocycles. The highest BCUT2D eigenvalue weighted by molar-refractivity contribution is 14.0. The molecule has 0 aliphatic carbocycles. The molecule has 2 N–H and O–H groups in total. The van der Waals surface area contributed by atoms with Crippen LogP contribution in [0.25, 0.3) is 0 Å². The molecule has 5 nitrogen and oxygen atoms in total. The zero-order valence-corrected chi connectivity index (χ0v) is 14.6. The second-order valence-electron chi connectivity index (χ2n) is 5.49. The maximum absolute atomic E-state index is 5.36. The van der Waals surface area contributed by atoms with E-state index in [0.29, 0.717) is 13.3 Å². The van der Waals surface area contributed by atoms with Gasteiger partial charge in [-0.25, -0.2) is 0 Å². The van der Waals surface area contributed by atoms with Crippen LogP contribution in [0, 0.1) is 0 Å². The van der Waals surface area contributed by atoms with Crippen LogP contribution in [0.4, 0.5) is 0 Å². The van der Waals surface area contributed by atoms with Gasteiger partial charge < -0.3 is 20.1 Å². The summed E-state index contributed by atoms with van der Waals surface area (Å²) in [4.78, 5) is 4.20. The van der Waals surface area contributed by atoms with Crippen LogP contribution in [0.5, 0.6) is 11.5 Å². The van der Waals surface area contributed by atoms with Gasteiger partial charge in [-0.1, -0.05) is 6.07 Å². The van der Waals surface area contributed by atoms with Crippen LogP contribution in [0.1, 0.15) is 26.3 Å². The third kappa shape index (κ3) is 4.73. The van der Waals surface area contributed by atoms with Gasteiger partial charge in [0.05, 0.1) is 0 Å². The van der Waals surface area contributed by atoms with Crippen molar-refractivity contribution in [3.05, 3.63) is 23.8 Å². The van der Waals surface area contributed by atoms with E-state index in [4.69, 9.17) is 9.47 Å². The van der Waals surface area contributed by atoms with E-state index in [0.717, 1.165) is 23.0 Å². The molecule has 6 heteroatoms. The second kappa shape index (κ2) is 7.01. The number of nitrogens with one attached hydrogen (secondary N) is 2. The number of hydrogen-bond acceptors (Lipinski definition) is 3. The molecular weight excluding hydrogens is 369 g/mol. The maximum atomic E-state index is 5.36. The van der Waals surface area contributed by atoms with Gasteiger partial charge >= 0.3 is 0 Å². The lowest BCUT2D eigenvalue weighted by atomic mass is 10.1. The first-order valence-electron chi connectivity index (χ1n) is 6.35. The van der Waals surface area contributed by atoms with Gasteiger partial charge in [0.25, 0.3) is 0 Å². The Labute approximate surface area is 137 Å². The average molecular weight is 391 g/mol. The van der Waals surface area contributed by atoms with Crippen molar-refractivity contribution in [2.75, 3.05) is 13.8 Å². The van der Waals surface area contributed by atoms with Crippen LogP contribution in [-0.4, -0.2) is 25.3 Å². The quantitative estimate of drug-likeness (QED) is 0.462. The van der Waals surface area contributed by atoms with Crippen LogP contribution in [0.2, 0.25) is 0 Å². The van der Waals surface area contributed by atoms with Crippen molar-refractivity contribution in [3.63, 3.8) is 0 Å². The Morgan fingerprint density at radius 3 is 2.60 bits per heavy atom. The minimum Gasteiger partial charge on any atom is -0.454 e. The van der Waals surface area contributed by atoms with E-state index < -0.39 is 0 Å². The molecule has 1 aliphatic rings. The van der Waals surface area contributed by atoms with Crippen molar-refractivity contribution in [2.45, 2.75) is 32.9 Å². The Hall–Kier alpha value is -1.18. The second-order valence-corrected chi connectivity index (χ2v) is 5.49. The van der Waals surface area contributed by atoms with Gasteiger partial charge in [-0.3, -0.25) is 4.99 Å². The van der Waals surface area contributed by atoms with E-state index in [1.807, 2.05) is 18.2 Å². The Morgan fingerprint density at radius 1 is 1.25 bits per heavy atom. The van der Waals surface area contributed by atoms with Crippen molar-refractivity contribution in [1.29, 1.82) is 0 Å². The van der Waals surface area contributed by atoms with Crippen LogP contribution in [-0.2, 0) is 6.54 Å². The Morgan fingerprint density at radius 2 is 1.95 bits per heavy atom. The molecule has 0 unspecified atom stereocenters. The fourth-order valence-corrected chi connectivity index (χ4v) is 1.77. The average Bonchev–Trinajstić information content (AvgIpc) is 2.80. The van der Waals surface area contributed by atoms with Crippen LogP contribution in [0.15, 0.2) is 23.2 Å². The fourth-order valence-electron chi connectivity index (χ4n) is 1.77. The van der Waals surface area contributed by atoms with Gasteiger partial charge in [0.15, 0.2) is 17.5 Å². The van der Waals surface area contributed by atoms with Gasteiger partial charge in [0, 0.05) is 19.1 Å². The minimum absolute atomic E-state index is 0. The van der Waals surface area contributed by atoms with E-state index in [2.05, 4.69) is 36.4 Å². The SMILES string of the molecule is CN=C(NCc1ccc2c(c1)OCO2)NC(C)(C)C.I. The number of nitrogens with zero attached hydrogens (tertiary/aromatic N) is 1. The third-order valence-electron chi connectivity index (χ3n) is 2.61. The molecule has 0 saturated carbocycles. The topological polar surface area (TPSA) is 54.9 Å². The summed E-state index contributed by atoms with van der Waals surface area (Å²) in [7, 11) is 1.76. The van der Waals surface area contributed by atoms with Gasteiger partial charge in [-0.05, 0) is 38.5 Å². The first kappa shape index (κ1) is 16.9. The summed E-state index contributed by atoms with van der Waals surface area (Å²) in [5, 5.41) is 6.59. The lowest BCUT2D eigenvalue weighted by molar-refractivity contribution is 0.174. The molecular formula is C14H22IN3O2. The highest BCUT2D eigenvalue weighted by Gasteiger charge is 2.14. The number of hydrogen-bond donors (Lipinski definition) is 2. The Kier molecular flexibility index (Phi) is 5.91. The molecule has 0 amide bonds. The molecule has 112 valence electrons. The number of fused-ring (bicyclic) bond motifs is 1. The van der Waals surface area contributed by atoms with Crippen molar-refractivity contribution in [1.82, 2.24) is 10.6 Å². The standard InChI is InChI=1S/C14H21N3O2.HI/c1-14(2,3)17-13(15-4)16-8-10-5-6-11-12(7-10)19-9-18-11;/h5-7H,8-9H2,1-4H3,(H2,15,16,17);1H. The van der Waals surface area contributed by atoms with Crippen molar-refractivity contribution in [2.24, 2.45) is 4.99 Å². The molecule has 0 atom stereocenters. The Bertz CT molecular complexity index is 484. The zero-order chi connectivity index (χ0) is 13.9. The molecule has 0 radical (unpaired) electrons. The van der Waals surface area contributed by atoms with Crippen LogP contribution in [0.3, 0.4) is 0 Å². The predicted molar refractivity (Wildman–Crippen MR) is 91.1 cm³/mol. The summed E-state index contributed by atoms with van der Waals surface area (Å²) in [5.74, 6) is 2.39. The molecule has 0 aromatic heterocycles. The fraction of sp³-hybridized carbons (Fsp3) is 0.500. The number of rotatable bonds is 2. The molecule has 0 fully saturated rings. The molecule has 1 aliphatic heterocycles. The van der Waals surface area contributed by atoms with Gasteiger partial charge in [0.2, 0.25) is 6.79 Å². The van der Waals surface area contributed by atoms with Gasteiger partial charge in [-0.15, -0.1) is 24.0 Å². The summed E-state index contributed by atoms with van der Waals surface area (Å²) in [6.07, 6.45) is 0. The van der Waals surface area contributed by atoms with Crippen LogP contribution >= 0.6 is 24.0 Å². The minimum atomic E-state index is -0.0171. The van der Waals surface area contributed by atoms with Crippen molar-refractivity contribution >= 4 is 29.9 Å². The molecule has 20 heavy (non-hydrogen) atoms. The smallest absolute Gasteiger partial charge is 0.231 e. The molecule has 1 aromatic rings. The number of guanidine groups is 1. The number of benzene rings is 1. The lowest BCUT2D eigenvalue weighted by Crippen LogP contribution is -2.47. The number of aliphatic imine (C=N–C) groups is 1. The number of ether oxygens (including phenoxy) is 2. The molecule has 2 rings (SSSR count). The maximum Gasteiger partial charge on any atom is 0.231 e. The lowest BCUT2D eigenvalue weighted by Gasteiger charge is -2.23. The van der Waals surface area contributed by atoms with Crippen LogP contribution < -0.4 is 20.1 Å². The predicted octanol–water partition coefficient (Wildman–Crippen LogP) is 2.50.